The lowest BCUT2D eigenvalue weighted by atomic mass is 10.1. The number of benzene rings is 1. The summed E-state index contributed by atoms with van der Waals surface area (Å²) in [6, 6.07) is 5.91. The number of aryl methyl sites for hydroxylation is 2. The van der Waals surface area contributed by atoms with Gasteiger partial charge in [0.25, 0.3) is 5.91 Å². The van der Waals surface area contributed by atoms with Gasteiger partial charge in [-0.05, 0) is 49.9 Å². The van der Waals surface area contributed by atoms with Crippen molar-refractivity contribution in [3.05, 3.63) is 47.3 Å². The van der Waals surface area contributed by atoms with Crippen LogP contribution in [0.3, 0.4) is 0 Å². The third-order valence-electron chi connectivity index (χ3n) is 4.88. The molecule has 1 fully saturated rings. The summed E-state index contributed by atoms with van der Waals surface area (Å²) in [5.41, 5.74) is 2.51. The molecule has 26 heavy (non-hydrogen) atoms. The molecule has 2 aromatic rings. The number of piperidine rings is 1. The molecule has 7 nitrogen and oxygen atoms in total. The quantitative estimate of drug-likeness (QED) is 0.888. The monoisotopic (exact) mass is 357 g/mol. The van der Waals surface area contributed by atoms with Crippen LogP contribution in [-0.2, 0) is 4.79 Å². The predicted octanol–water partition coefficient (Wildman–Crippen LogP) is 2.44. The van der Waals surface area contributed by atoms with Gasteiger partial charge in [0.2, 0.25) is 0 Å². The fourth-order valence-corrected chi connectivity index (χ4v) is 3.07. The Morgan fingerprint density at radius 2 is 1.96 bits per heavy atom. The van der Waals surface area contributed by atoms with Gasteiger partial charge in [-0.25, -0.2) is 4.79 Å². The van der Waals surface area contributed by atoms with E-state index in [2.05, 4.69) is 5.10 Å². The third kappa shape index (κ3) is 4.04. The van der Waals surface area contributed by atoms with Crippen molar-refractivity contribution in [2.24, 2.45) is 0 Å². The fourth-order valence-electron chi connectivity index (χ4n) is 3.07. The molecule has 7 heteroatoms. The number of carbonyl (C=O) groups excluding carboxylic acids is 1. The third-order valence-corrected chi connectivity index (χ3v) is 4.88. The van der Waals surface area contributed by atoms with E-state index in [1.165, 1.54) is 11.8 Å². The zero-order chi connectivity index (χ0) is 18.7. The summed E-state index contributed by atoms with van der Waals surface area (Å²) in [6.45, 7) is 5.30. The van der Waals surface area contributed by atoms with Crippen LogP contribution in [0, 0.1) is 13.8 Å². The Bertz CT molecular complexity index is 807. The normalized spacial score (nSPS) is 15.1. The number of ether oxygens (including phenoxy) is 1. The van der Waals surface area contributed by atoms with Crippen LogP contribution in [0.15, 0.2) is 30.6 Å². The number of hydrogen-bond donors (Lipinski definition) is 1. The average molecular weight is 357 g/mol. The van der Waals surface area contributed by atoms with Crippen LogP contribution >= 0.6 is 0 Å². The summed E-state index contributed by atoms with van der Waals surface area (Å²) in [4.78, 5) is 25.1. The Balaban J connectivity index is 1.49. The van der Waals surface area contributed by atoms with Crippen LogP contribution in [0.5, 0.6) is 5.75 Å². The Kier molecular flexibility index (Phi) is 5.25. The van der Waals surface area contributed by atoms with Gasteiger partial charge in [-0.2, -0.15) is 5.10 Å². The molecule has 0 saturated carbocycles. The number of amides is 1. The van der Waals surface area contributed by atoms with E-state index in [-0.39, 0.29) is 24.1 Å². The second kappa shape index (κ2) is 7.59. The first-order valence-corrected chi connectivity index (χ1v) is 8.69. The van der Waals surface area contributed by atoms with Crippen molar-refractivity contribution < 1.29 is 19.4 Å². The molecule has 0 spiro atoms. The molecule has 0 aliphatic carbocycles. The molecule has 1 aromatic heterocycles. The number of hydrogen-bond acceptors (Lipinski definition) is 4. The molecule has 1 aromatic carbocycles. The Morgan fingerprint density at radius 3 is 2.58 bits per heavy atom. The van der Waals surface area contributed by atoms with Gasteiger partial charge in [-0.15, -0.1) is 0 Å². The van der Waals surface area contributed by atoms with E-state index in [4.69, 9.17) is 9.84 Å². The largest absolute Gasteiger partial charge is 0.484 e. The lowest BCUT2D eigenvalue weighted by Gasteiger charge is -2.32. The number of carboxylic acids is 1. The second-order valence-corrected chi connectivity index (χ2v) is 6.66. The molecule has 0 bridgehead atoms. The smallest absolute Gasteiger partial charge is 0.338 e. The highest BCUT2D eigenvalue weighted by atomic mass is 16.5. The first-order valence-electron chi connectivity index (χ1n) is 8.69. The first-order chi connectivity index (χ1) is 12.4. The molecule has 1 aliphatic rings. The summed E-state index contributed by atoms with van der Waals surface area (Å²) < 4.78 is 7.32. The molecule has 0 radical (unpaired) electrons. The number of likely N-dealkylation sites (tertiary alicyclic amines) is 1. The molecule has 0 unspecified atom stereocenters. The zero-order valence-electron chi connectivity index (χ0n) is 15.0. The van der Waals surface area contributed by atoms with E-state index in [1.807, 2.05) is 32.0 Å². The van der Waals surface area contributed by atoms with Gasteiger partial charge >= 0.3 is 5.97 Å². The number of nitrogens with zero attached hydrogens (tertiary/aromatic N) is 3. The van der Waals surface area contributed by atoms with E-state index < -0.39 is 5.97 Å². The first kappa shape index (κ1) is 18.0. The Hall–Kier alpha value is -2.83. The standard InChI is InChI=1S/C19H23N3O4/c1-13-3-4-17(9-14(13)2)26-12-18(23)21-7-5-16(6-8-21)22-11-15(10-20-22)19(24)25/h3-4,9-11,16H,5-8,12H2,1-2H3,(H,24,25). The Morgan fingerprint density at radius 1 is 1.23 bits per heavy atom. The molecule has 1 amide bonds. The van der Waals surface area contributed by atoms with Gasteiger partial charge in [-0.1, -0.05) is 6.07 Å². The summed E-state index contributed by atoms with van der Waals surface area (Å²) in [7, 11) is 0. The highest BCUT2D eigenvalue weighted by Gasteiger charge is 2.25. The molecule has 3 rings (SSSR count). The summed E-state index contributed by atoms with van der Waals surface area (Å²) in [5, 5.41) is 13.1. The fraction of sp³-hybridized carbons (Fsp3) is 0.421. The van der Waals surface area contributed by atoms with Crippen molar-refractivity contribution >= 4 is 11.9 Å². The van der Waals surface area contributed by atoms with E-state index in [9.17, 15) is 9.59 Å². The lowest BCUT2D eigenvalue weighted by Crippen LogP contribution is -2.41. The van der Waals surface area contributed by atoms with Crippen LogP contribution in [-0.4, -0.2) is 51.4 Å². The molecular weight excluding hydrogens is 334 g/mol. The number of aromatic carboxylic acids is 1. The average Bonchev–Trinajstić information content (AvgIpc) is 3.13. The van der Waals surface area contributed by atoms with E-state index >= 15 is 0 Å². The minimum absolute atomic E-state index is 0.0259. The Labute approximate surface area is 152 Å². The molecule has 1 aliphatic heterocycles. The number of rotatable bonds is 5. The van der Waals surface area contributed by atoms with Gasteiger partial charge in [0.15, 0.2) is 6.61 Å². The van der Waals surface area contributed by atoms with Crippen molar-refractivity contribution in [2.75, 3.05) is 19.7 Å². The summed E-state index contributed by atoms with van der Waals surface area (Å²) >= 11 is 0. The van der Waals surface area contributed by atoms with E-state index in [0.29, 0.717) is 18.8 Å². The number of aromatic nitrogens is 2. The summed E-state index contributed by atoms with van der Waals surface area (Å²) in [6.07, 6.45) is 4.40. The van der Waals surface area contributed by atoms with Crippen molar-refractivity contribution in [1.82, 2.24) is 14.7 Å². The maximum Gasteiger partial charge on any atom is 0.338 e. The van der Waals surface area contributed by atoms with Gasteiger partial charge in [-0.3, -0.25) is 9.48 Å². The van der Waals surface area contributed by atoms with Crippen molar-refractivity contribution in [3.63, 3.8) is 0 Å². The van der Waals surface area contributed by atoms with E-state index in [0.717, 1.165) is 18.4 Å². The van der Waals surface area contributed by atoms with E-state index in [1.54, 1.807) is 15.8 Å². The van der Waals surface area contributed by atoms with Crippen LogP contribution in [0.1, 0.15) is 40.4 Å². The minimum atomic E-state index is -0.979. The number of carbonyl (C=O) groups is 2. The van der Waals surface area contributed by atoms with Crippen LogP contribution in [0.25, 0.3) is 0 Å². The van der Waals surface area contributed by atoms with Crippen molar-refractivity contribution in [2.45, 2.75) is 32.7 Å². The van der Waals surface area contributed by atoms with Crippen LogP contribution in [0.2, 0.25) is 0 Å². The SMILES string of the molecule is Cc1ccc(OCC(=O)N2CCC(n3cc(C(=O)O)cn3)CC2)cc1C. The molecular formula is C19H23N3O4. The molecule has 2 heterocycles. The van der Waals surface area contributed by atoms with Gasteiger partial charge in [0.05, 0.1) is 17.8 Å². The van der Waals surface area contributed by atoms with Crippen LogP contribution in [0.4, 0.5) is 0 Å². The van der Waals surface area contributed by atoms with Gasteiger partial charge in [0, 0.05) is 19.3 Å². The lowest BCUT2D eigenvalue weighted by molar-refractivity contribution is -0.134. The maximum absolute atomic E-state index is 12.4. The minimum Gasteiger partial charge on any atom is -0.484 e. The molecule has 0 atom stereocenters. The highest BCUT2D eigenvalue weighted by Crippen LogP contribution is 2.23. The molecule has 138 valence electrons. The number of carboxylic acid groups (broad SMARTS) is 1. The van der Waals surface area contributed by atoms with Gasteiger partial charge in [0.1, 0.15) is 5.75 Å². The maximum atomic E-state index is 12.4. The predicted molar refractivity (Wildman–Crippen MR) is 95.4 cm³/mol. The zero-order valence-corrected chi connectivity index (χ0v) is 15.0. The highest BCUT2D eigenvalue weighted by molar-refractivity contribution is 5.86. The van der Waals surface area contributed by atoms with Gasteiger partial charge < -0.3 is 14.7 Å². The van der Waals surface area contributed by atoms with Crippen molar-refractivity contribution in [1.29, 1.82) is 0 Å². The van der Waals surface area contributed by atoms with Crippen LogP contribution < -0.4 is 4.74 Å². The van der Waals surface area contributed by atoms with Crippen molar-refractivity contribution in [3.8, 4) is 5.75 Å². The molecule has 1 saturated heterocycles. The molecule has 1 N–H and O–H groups in total. The summed E-state index contributed by atoms with van der Waals surface area (Å²) in [5.74, 6) is -0.310. The topological polar surface area (TPSA) is 84.7 Å². The second-order valence-electron chi connectivity index (χ2n) is 6.66.